The Balaban J connectivity index is 1.55. The summed E-state index contributed by atoms with van der Waals surface area (Å²) < 4.78 is 12.4. The zero-order chi connectivity index (χ0) is 18.2. The zero-order valence-corrected chi connectivity index (χ0v) is 13.6. The second-order valence-electron chi connectivity index (χ2n) is 6.27. The number of nitrogens with one attached hydrogen (secondary N) is 1. The van der Waals surface area contributed by atoms with Crippen molar-refractivity contribution in [3.8, 4) is 0 Å². The Morgan fingerprint density at radius 3 is 2.92 bits per heavy atom. The summed E-state index contributed by atoms with van der Waals surface area (Å²) in [6.45, 7) is 1.84. The Labute approximate surface area is 141 Å². The van der Waals surface area contributed by atoms with E-state index in [2.05, 4.69) is 4.98 Å². The standard InChI is InChI=1S/C16H18N2O7/c1-9-7-18(15(23)17-14(9)22)8-10-4-5-16(25-10)6-11(16)24-13(21)3-2-12(19)20/h4-5,7,10-11H,2-3,6,8H2,1H3,(H,19,20)(H,17,22,23)/t10-,11-,16-/m1/s1. The van der Waals surface area contributed by atoms with Crippen LogP contribution < -0.4 is 11.2 Å². The first-order valence-corrected chi connectivity index (χ1v) is 7.88. The molecule has 0 unspecified atom stereocenters. The molecular formula is C16H18N2O7. The van der Waals surface area contributed by atoms with Gasteiger partial charge in [-0.25, -0.2) is 4.79 Å². The number of H-pyrrole nitrogens is 1. The SMILES string of the molecule is Cc1cn(C[C@H]2C=C[C@]3(C[C@H]3OC(=O)CCC(=O)O)O2)c(=O)[nH]c1=O. The van der Waals surface area contributed by atoms with Crippen molar-refractivity contribution in [3.05, 3.63) is 44.8 Å². The van der Waals surface area contributed by atoms with Crippen LogP contribution in [0.25, 0.3) is 0 Å². The van der Waals surface area contributed by atoms with Crippen molar-refractivity contribution in [2.45, 2.75) is 50.5 Å². The molecule has 1 aliphatic carbocycles. The fourth-order valence-corrected chi connectivity index (χ4v) is 2.77. The van der Waals surface area contributed by atoms with Gasteiger partial charge in [0.2, 0.25) is 0 Å². The number of carbonyl (C=O) groups is 2. The summed E-state index contributed by atoms with van der Waals surface area (Å²) in [5.74, 6) is -1.63. The molecule has 1 aromatic rings. The molecule has 0 saturated heterocycles. The van der Waals surface area contributed by atoms with Crippen LogP contribution in [0, 0.1) is 6.92 Å². The summed E-state index contributed by atoms with van der Waals surface area (Å²) in [6.07, 6.45) is 4.29. The van der Waals surface area contributed by atoms with Crippen LogP contribution in [-0.4, -0.2) is 44.4 Å². The highest BCUT2D eigenvalue weighted by Gasteiger charge is 2.60. The second kappa shape index (κ2) is 6.32. The minimum Gasteiger partial charge on any atom is -0.481 e. The molecule has 25 heavy (non-hydrogen) atoms. The van der Waals surface area contributed by atoms with E-state index >= 15 is 0 Å². The number of aliphatic carboxylic acids is 1. The van der Waals surface area contributed by atoms with Gasteiger partial charge in [-0.1, -0.05) is 12.2 Å². The van der Waals surface area contributed by atoms with E-state index in [0.717, 1.165) is 0 Å². The van der Waals surface area contributed by atoms with Gasteiger partial charge in [-0.3, -0.25) is 23.9 Å². The zero-order valence-electron chi connectivity index (χ0n) is 13.6. The van der Waals surface area contributed by atoms with Crippen LogP contribution in [0.1, 0.15) is 24.8 Å². The van der Waals surface area contributed by atoms with Crippen LogP contribution in [0.15, 0.2) is 27.9 Å². The van der Waals surface area contributed by atoms with E-state index in [1.54, 1.807) is 19.1 Å². The first kappa shape index (κ1) is 17.2. The topological polar surface area (TPSA) is 128 Å². The molecular weight excluding hydrogens is 332 g/mol. The average molecular weight is 350 g/mol. The predicted octanol–water partition coefficient (Wildman–Crippen LogP) is -0.281. The Hall–Kier alpha value is -2.68. The molecule has 0 radical (unpaired) electrons. The third-order valence-electron chi connectivity index (χ3n) is 4.24. The average Bonchev–Trinajstić information content (AvgIpc) is 3.01. The van der Waals surface area contributed by atoms with E-state index in [1.807, 2.05) is 0 Å². The number of aromatic amines is 1. The molecule has 3 atom stereocenters. The summed E-state index contributed by atoms with van der Waals surface area (Å²) in [4.78, 5) is 47.4. The summed E-state index contributed by atoms with van der Waals surface area (Å²) in [5, 5.41) is 8.56. The number of hydrogen-bond donors (Lipinski definition) is 2. The maximum Gasteiger partial charge on any atom is 0.328 e. The number of carboxylic acids is 1. The summed E-state index contributed by atoms with van der Waals surface area (Å²) in [6, 6.07) is 0. The molecule has 1 saturated carbocycles. The lowest BCUT2D eigenvalue weighted by atomic mass is 10.3. The first-order valence-electron chi connectivity index (χ1n) is 7.88. The maximum absolute atomic E-state index is 11.8. The quantitative estimate of drug-likeness (QED) is 0.533. The smallest absolute Gasteiger partial charge is 0.328 e. The van der Waals surface area contributed by atoms with Crippen LogP contribution >= 0.6 is 0 Å². The Morgan fingerprint density at radius 2 is 2.20 bits per heavy atom. The number of esters is 1. The van der Waals surface area contributed by atoms with Crippen LogP contribution in [-0.2, 0) is 25.6 Å². The molecule has 0 aromatic carbocycles. The Kier molecular flexibility index (Phi) is 4.34. The molecule has 1 spiro atoms. The molecule has 0 bridgehead atoms. The number of carbonyl (C=O) groups excluding carboxylic acids is 1. The fourth-order valence-electron chi connectivity index (χ4n) is 2.77. The molecule has 2 aliphatic rings. The molecule has 1 fully saturated rings. The van der Waals surface area contributed by atoms with Gasteiger partial charge in [0.15, 0.2) is 0 Å². The van der Waals surface area contributed by atoms with Gasteiger partial charge in [-0.15, -0.1) is 0 Å². The van der Waals surface area contributed by atoms with E-state index in [0.29, 0.717) is 12.0 Å². The van der Waals surface area contributed by atoms with Crippen molar-refractivity contribution >= 4 is 11.9 Å². The number of nitrogens with zero attached hydrogens (tertiary/aromatic N) is 1. The molecule has 9 nitrogen and oxygen atoms in total. The lowest BCUT2D eigenvalue weighted by molar-refractivity contribution is -0.150. The summed E-state index contributed by atoms with van der Waals surface area (Å²) >= 11 is 0. The van der Waals surface area contributed by atoms with Crippen LogP contribution in [0.2, 0.25) is 0 Å². The van der Waals surface area contributed by atoms with E-state index in [-0.39, 0.29) is 25.5 Å². The third-order valence-corrected chi connectivity index (χ3v) is 4.24. The van der Waals surface area contributed by atoms with Crippen molar-refractivity contribution in [3.63, 3.8) is 0 Å². The highest BCUT2D eigenvalue weighted by molar-refractivity contribution is 5.76. The Morgan fingerprint density at radius 1 is 1.44 bits per heavy atom. The van der Waals surface area contributed by atoms with Gasteiger partial charge in [0, 0.05) is 18.2 Å². The number of aromatic nitrogens is 2. The van der Waals surface area contributed by atoms with Crippen molar-refractivity contribution in [1.29, 1.82) is 0 Å². The number of aryl methyl sites for hydroxylation is 1. The van der Waals surface area contributed by atoms with Crippen molar-refractivity contribution in [2.24, 2.45) is 0 Å². The van der Waals surface area contributed by atoms with E-state index in [4.69, 9.17) is 14.6 Å². The highest BCUT2D eigenvalue weighted by atomic mass is 16.6. The van der Waals surface area contributed by atoms with Crippen molar-refractivity contribution in [2.75, 3.05) is 0 Å². The Bertz CT molecular complexity index is 853. The van der Waals surface area contributed by atoms with Crippen LogP contribution in [0.5, 0.6) is 0 Å². The van der Waals surface area contributed by atoms with Gasteiger partial charge in [-0.05, 0) is 6.92 Å². The number of rotatable bonds is 6. The number of hydrogen-bond acceptors (Lipinski definition) is 6. The molecule has 134 valence electrons. The molecule has 1 aromatic heterocycles. The van der Waals surface area contributed by atoms with E-state index in [1.165, 1.54) is 10.8 Å². The number of carboxylic acid groups (broad SMARTS) is 1. The first-order chi connectivity index (χ1) is 11.8. The lowest BCUT2D eigenvalue weighted by Crippen LogP contribution is -2.34. The minimum absolute atomic E-state index is 0.179. The summed E-state index contributed by atoms with van der Waals surface area (Å²) in [5.41, 5.74) is -1.20. The van der Waals surface area contributed by atoms with Gasteiger partial charge in [0.05, 0.1) is 25.5 Å². The molecule has 1 aliphatic heterocycles. The minimum atomic E-state index is -1.05. The second-order valence-corrected chi connectivity index (χ2v) is 6.27. The molecule has 3 rings (SSSR count). The van der Waals surface area contributed by atoms with Gasteiger partial charge in [0.25, 0.3) is 5.56 Å². The number of ether oxygens (including phenoxy) is 2. The van der Waals surface area contributed by atoms with Gasteiger partial charge >= 0.3 is 17.6 Å². The predicted molar refractivity (Wildman–Crippen MR) is 84.2 cm³/mol. The molecule has 2 heterocycles. The molecule has 9 heteroatoms. The lowest BCUT2D eigenvalue weighted by Gasteiger charge is -2.15. The monoisotopic (exact) mass is 350 g/mol. The fraction of sp³-hybridized carbons (Fsp3) is 0.500. The van der Waals surface area contributed by atoms with E-state index < -0.39 is 34.9 Å². The highest BCUT2D eigenvalue weighted by Crippen LogP contribution is 2.48. The third kappa shape index (κ3) is 3.71. The van der Waals surface area contributed by atoms with Gasteiger partial charge < -0.3 is 14.6 Å². The maximum atomic E-state index is 11.8. The van der Waals surface area contributed by atoms with Crippen LogP contribution in [0.3, 0.4) is 0 Å². The van der Waals surface area contributed by atoms with E-state index in [9.17, 15) is 19.2 Å². The van der Waals surface area contributed by atoms with Crippen molar-refractivity contribution < 1.29 is 24.2 Å². The largest absolute Gasteiger partial charge is 0.481 e. The van der Waals surface area contributed by atoms with Gasteiger partial charge in [-0.2, -0.15) is 0 Å². The van der Waals surface area contributed by atoms with Crippen LogP contribution in [0.4, 0.5) is 0 Å². The molecule has 2 N–H and O–H groups in total. The molecule has 0 amide bonds. The van der Waals surface area contributed by atoms with Gasteiger partial charge in [0.1, 0.15) is 11.7 Å². The summed E-state index contributed by atoms with van der Waals surface area (Å²) in [7, 11) is 0. The normalized spacial score (nSPS) is 26.8. The van der Waals surface area contributed by atoms with Crippen molar-refractivity contribution in [1.82, 2.24) is 9.55 Å².